The van der Waals surface area contributed by atoms with Crippen molar-refractivity contribution in [1.29, 1.82) is 0 Å². The molecule has 0 saturated heterocycles. The maximum Gasteiger partial charge on any atom is 0.129 e. The third-order valence-corrected chi connectivity index (χ3v) is 3.17. The summed E-state index contributed by atoms with van der Waals surface area (Å²) in [5.74, 6) is 1.03. The van der Waals surface area contributed by atoms with Gasteiger partial charge in [-0.05, 0) is 41.8 Å². The smallest absolute Gasteiger partial charge is 0.129 e. The lowest BCUT2D eigenvalue weighted by atomic mass is 10.1. The highest BCUT2D eigenvalue weighted by Crippen LogP contribution is 2.28. The molecule has 0 fully saturated rings. The van der Waals surface area contributed by atoms with E-state index in [9.17, 15) is 0 Å². The molecule has 3 nitrogen and oxygen atoms in total. The topological polar surface area (TPSA) is 42.1 Å². The number of rotatable bonds is 1. The fraction of sp³-hybridized carbons (Fsp3) is 0.214. The van der Waals surface area contributed by atoms with Crippen LogP contribution in [-0.4, -0.2) is 4.98 Å². The Kier molecular flexibility index (Phi) is 2.25. The third-order valence-electron chi connectivity index (χ3n) is 3.17. The molecule has 1 aliphatic heterocycles. The van der Waals surface area contributed by atoms with E-state index in [1.807, 2.05) is 12.3 Å². The number of hydrogen-bond donors (Lipinski definition) is 1. The van der Waals surface area contributed by atoms with Gasteiger partial charge in [-0.15, -0.1) is 0 Å². The molecule has 0 saturated carbocycles. The first-order valence-corrected chi connectivity index (χ1v) is 5.77. The molecule has 3 heteroatoms. The molecule has 86 valence electrons. The lowest BCUT2D eigenvalue weighted by Gasteiger charge is -2.16. The highest BCUT2D eigenvalue weighted by molar-refractivity contribution is 5.52. The van der Waals surface area contributed by atoms with Gasteiger partial charge in [-0.3, -0.25) is 0 Å². The number of nitrogens with two attached hydrogens (primary N) is 1. The minimum Gasteiger partial charge on any atom is -0.399 e. The molecule has 1 aromatic heterocycles. The molecule has 0 bridgehead atoms. The molecule has 0 spiro atoms. The van der Waals surface area contributed by atoms with E-state index in [1.54, 1.807) is 0 Å². The predicted molar refractivity (Wildman–Crippen MR) is 69.7 cm³/mol. The van der Waals surface area contributed by atoms with E-state index < -0.39 is 0 Å². The molecule has 1 aliphatic rings. The first kappa shape index (κ1) is 10.1. The number of nitrogen functional groups attached to an aromatic ring is 1. The van der Waals surface area contributed by atoms with Crippen LogP contribution in [0.5, 0.6) is 0 Å². The van der Waals surface area contributed by atoms with Gasteiger partial charge < -0.3 is 10.6 Å². The van der Waals surface area contributed by atoms with Gasteiger partial charge in [0.05, 0.1) is 0 Å². The van der Waals surface area contributed by atoms with Gasteiger partial charge in [0.25, 0.3) is 0 Å². The normalized spacial score (nSPS) is 13.8. The summed E-state index contributed by atoms with van der Waals surface area (Å²) >= 11 is 0. The summed E-state index contributed by atoms with van der Waals surface area (Å²) < 4.78 is 0. The molecule has 0 unspecified atom stereocenters. The summed E-state index contributed by atoms with van der Waals surface area (Å²) in [6.45, 7) is 3.87. The molecule has 2 N–H and O–H groups in total. The van der Waals surface area contributed by atoms with Crippen molar-refractivity contribution in [3.63, 3.8) is 0 Å². The first-order valence-electron chi connectivity index (χ1n) is 5.77. The average molecular weight is 225 g/mol. The highest BCUT2D eigenvalue weighted by atomic mass is 15.2. The van der Waals surface area contributed by atoms with E-state index in [0.717, 1.165) is 24.6 Å². The summed E-state index contributed by atoms with van der Waals surface area (Å²) in [4.78, 5) is 6.73. The number of pyridine rings is 1. The second-order valence-electron chi connectivity index (χ2n) is 4.58. The van der Waals surface area contributed by atoms with E-state index >= 15 is 0 Å². The summed E-state index contributed by atoms with van der Waals surface area (Å²) in [6.07, 6.45) is 1.91. The van der Waals surface area contributed by atoms with Crippen molar-refractivity contribution < 1.29 is 0 Å². The minimum absolute atomic E-state index is 0.836. The van der Waals surface area contributed by atoms with E-state index in [4.69, 9.17) is 5.73 Å². The molecule has 0 aliphatic carbocycles. The molecule has 17 heavy (non-hydrogen) atoms. The molecule has 3 rings (SSSR count). The van der Waals surface area contributed by atoms with Gasteiger partial charge in [0.15, 0.2) is 0 Å². The van der Waals surface area contributed by atoms with Crippen molar-refractivity contribution in [2.24, 2.45) is 0 Å². The molecule has 2 heterocycles. The maximum atomic E-state index is 5.80. The molecule has 0 radical (unpaired) electrons. The number of benzene rings is 1. The van der Waals surface area contributed by atoms with Crippen molar-refractivity contribution in [1.82, 2.24) is 4.98 Å². The Balaban J connectivity index is 1.88. The van der Waals surface area contributed by atoms with Gasteiger partial charge >= 0.3 is 0 Å². The zero-order valence-corrected chi connectivity index (χ0v) is 9.85. The average Bonchev–Trinajstić information content (AvgIpc) is 2.72. The molecule has 0 amide bonds. The summed E-state index contributed by atoms with van der Waals surface area (Å²) in [7, 11) is 0. The molecule has 0 atom stereocenters. The SMILES string of the molecule is Cc1ccc(N2Cc3ccc(N)cc3C2)nc1. The second-order valence-corrected chi connectivity index (χ2v) is 4.58. The Morgan fingerprint density at radius 1 is 1.12 bits per heavy atom. The first-order chi connectivity index (χ1) is 8.22. The number of nitrogens with zero attached hydrogens (tertiary/aromatic N) is 2. The quantitative estimate of drug-likeness (QED) is 0.758. The summed E-state index contributed by atoms with van der Waals surface area (Å²) in [5, 5.41) is 0. The van der Waals surface area contributed by atoms with Crippen molar-refractivity contribution in [3.8, 4) is 0 Å². The fourth-order valence-electron chi connectivity index (χ4n) is 2.22. The Morgan fingerprint density at radius 3 is 2.71 bits per heavy atom. The van der Waals surface area contributed by atoms with E-state index in [2.05, 4.69) is 41.1 Å². The van der Waals surface area contributed by atoms with Gasteiger partial charge in [-0.1, -0.05) is 12.1 Å². The van der Waals surface area contributed by atoms with Crippen LogP contribution in [0, 0.1) is 6.92 Å². The Labute approximate surface area is 101 Å². The number of anilines is 2. The van der Waals surface area contributed by atoms with Crippen LogP contribution < -0.4 is 10.6 Å². The van der Waals surface area contributed by atoms with Crippen molar-refractivity contribution in [2.45, 2.75) is 20.0 Å². The monoisotopic (exact) mass is 225 g/mol. The lowest BCUT2D eigenvalue weighted by molar-refractivity contribution is 0.856. The van der Waals surface area contributed by atoms with Crippen LogP contribution in [0.1, 0.15) is 16.7 Å². The van der Waals surface area contributed by atoms with Gasteiger partial charge in [0.2, 0.25) is 0 Å². The van der Waals surface area contributed by atoms with Crippen LogP contribution in [0.3, 0.4) is 0 Å². The fourth-order valence-corrected chi connectivity index (χ4v) is 2.22. The van der Waals surface area contributed by atoms with Gasteiger partial charge in [0, 0.05) is 25.0 Å². The molecule has 2 aromatic rings. The minimum atomic E-state index is 0.836. The van der Waals surface area contributed by atoms with Crippen molar-refractivity contribution in [2.75, 3.05) is 10.6 Å². The molecular weight excluding hydrogens is 210 g/mol. The molecule has 1 aromatic carbocycles. The Bertz CT molecular complexity index is 546. The summed E-state index contributed by atoms with van der Waals surface area (Å²) in [5.41, 5.74) is 10.5. The number of aryl methyl sites for hydroxylation is 1. The van der Waals surface area contributed by atoms with Crippen LogP contribution in [0.15, 0.2) is 36.5 Å². The highest BCUT2D eigenvalue weighted by Gasteiger charge is 2.19. The predicted octanol–water partition coefficient (Wildman–Crippen LogP) is 2.49. The van der Waals surface area contributed by atoms with Crippen LogP contribution >= 0.6 is 0 Å². The standard InChI is InChI=1S/C14H15N3/c1-10-2-5-14(16-7-10)17-8-11-3-4-13(15)6-12(11)9-17/h2-7H,8-9,15H2,1H3. The largest absolute Gasteiger partial charge is 0.399 e. The summed E-state index contributed by atoms with van der Waals surface area (Å²) in [6, 6.07) is 10.3. The van der Waals surface area contributed by atoms with Gasteiger partial charge in [-0.25, -0.2) is 4.98 Å². The van der Waals surface area contributed by atoms with Crippen molar-refractivity contribution in [3.05, 3.63) is 53.2 Å². The Hall–Kier alpha value is -2.03. The molecular formula is C14H15N3. The number of hydrogen-bond acceptors (Lipinski definition) is 3. The van der Waals surface area contributed by atoms with Crippen LogP contribution in [0.4, 0.5) is 11.5 Å². The maximum absolute atomic E-state index is 5.80. The van der Waals surface area contributed by atoms with Gasteiger partial charge in [-0.2, -0.15) is 0 Å². The van der Waals surface area contributed by atoms with E-state index in [-0.39, 0.29) is 0 Å². The van der Waals surface area contributed by atoms with E-state index in [0.29, 0.717) is 0 Å². The van der Waals surface area contributed by atoms with Gasteiger partial charge in [0.1, 0.15) is 5.82 Å². The zero-order chi connectivity index (χ0) is 11.8. The second kappa shape index (κ2) is 3.77. The van der Waals surface area contributed by atoms with Crippen molar-refractivity contribution >= 4 is 11.5 Å². The number of aromatic nitrogens is 1. The van der Waals surface area contributed by atoms with Crippen LogP contribution in [0.2, 0.25) is 0 Å². The Morgan fingerprint density at radius 2 is 1.94 bits per heavy atom. The van der Waals surface area contributed by atoms with Crippen LogP contribution in [-0.2, 0) is 13.1 Å². The van der Waals surface area contributed by atoms with E-state index in [1.165, 1.54) is 16.7 Å². The zero-order valence-electron chi connectivity index (χ0n) is 9.85. The lowest BCUT2D eigenvalue weighted by Crippen LogP contribution is -2.15. The number of fused-ring (bicyclic) bond motifs is 1. The third kappa shape index (κ3) is 1.84. The van der Waals surface area contributed by atoms with Crippen LogP contribution in [0.25, 0.3) is 0 Å².